The fraction of sp³-hybridized carbons (Fsp3) is 0.385. The van der Waals surface area contributed by atoms with E-state index in [0.29, 0.717) is 0 Å². The normalized spacial score (nSPS) is 17.0. The molecule has 1 aromatic carbocycles. The zero-order valence-corrected chi connectivity index (χ0v) is 22.3. The Balaban J connectivity index is 2.32. The van der Waals surface area contributed by atoms with E-state index in [4.69, 9.17) is 0 Å². The van der Waals surface area contributed by atoms with Crippen LogP contribution >= 0.6 is 0 Å². The second kappa shape index (κ2) is 9.88. The molecule has 0 unspecified atom stereocenters. The van der Waals surface area contributed by atoms with Gasteiger partial charge < -0.3 is 0 Å². The van der Waals surface area contributed by atoms with Gasteiger partial charge in [0.2, 0.25) is 0 Å². The number of fused-ring (bicyclic) bond motifs is 1. The smallest absolute Gasteiger partial charge is 0.0619 e. The molecule has 1 aromatic rings. The van der Waals surface area contributed by atoms with Gasteiger partial charge in [0, 0.05) is 0 Å². The second-order valence-corrected chi connectivity index (χ2v) is 11.9. The maximum atomic E-state index is 4.47. The molecule has 0 fully saturated rings. The number of nitrogens with zero attached hydrogens (tertiary/aromatic N) is 2. The summed E-state index contributed by atoms with van der Waals surface area (Å²) in [6.45, 7) is 16.5. The van der Waals surface area contributed by atoms with E-state index in [-0.39, 0.29) is 26.8 Å². The zero-order valence-electron chi connectivity index (χ0n) is 19.4. The van der Waals surface area contributed by atoms with E-state index >= 15 is 0 Å². The van der Waals surface area contributed by atoms with Crippen molar-refractivity contribution in [3.8, 4) is 0 Å². The molecule has 2 rings (SSSR count). The first-order chi connectivity index (χ1) is 13.6. The van der Waals surface area contributed by atoms with E-state index in [2.05, 4.69) is 117 Å². The number of hydrogen-bond acceptors (Lipinski definition) is 2. The van der Waals surface area contributed by atoms with Crippen LogP contribution in [0.4, 0.5) is 0 Å². The summed E-state index contributed by atoms with van der Waals surface area (Å²) in [6, 6.07) is 8.73. The van der Waals surface area contributed by atoms with E-state index in [1.807, 2.05) is 0 Å². The van der Waals surface area contributed by atoms with Gasteiger partial charge in [0.1, 0.15) is 0 Å². The van der Waals surface area contributed by atoms with Crippen molar-refractivity contribution in [2.75, 3.05) is 20.6 Å². The third-order valence-electron chi connectivity index (χ3n) is 5.70. The Morgan fingerprint density at radius 2 is 1.79 bits per heavy atom. The van der Waals surface area contributed by atoms with E-state index in [9.17, 15) is 0 Å². The first kappa shape index (κ1) is 23.6. The fourth-order valence-corrected chi connectivity index (χ4v) is 4.46. The van der Waals surface area contributed by atoms with Gasteiger partial charge in [-0.05, 0) is 0 Å². The van der Waals surface area contributed by atoms with Crippen LogP contribution in [-0.4, -0.2) is 50.1 Å². The molecule has 2 nitrogen and oxygen atoms in total. The van der Waals surface area contributed by atoms with Crippen LogP contribution < -0.4 is 0 Å². The quantitative estimate of drug-likeness (QED) is 0.328. The molecule has 29 heavy (non-hydrogen) atoms. The van der Waals surface area contributed by atoms with Gasteiger partial charge in [-0.1, -0.05) is 32.0 Å². The third kappa shape index (κ3) is 5.48. The van der Waals surface area contributed by atoms with Gasteiger partial charge in [0.05, 0.1) is 0 Å². The SMILES string of the molecule is C=C1/C(=C\C(=C(C)C)N(C)C/C(C)=C\C=C/[N](C)[Sn][CH3])c2ccccc2C1(C)C. The average molecular weight is 495 g/mol. The van der Waals surface area contributed by atoms with Gasteiger partial charge >= 0.3 is 157 Å². The molecule has 0 aliphatic heterocycles. The van der Waals surface area contributed by atoms with Crippen LogP contribution in [0.1, 0.15) is 45.7 Å². The second-order valence-electron chi connectivity index (χ2n) is 8.64. The monoisotopic (exact) mass is 496 g/mol. The molecule has 0 amide bonds. The van der Waals surface area contributed by atoms with E-state index in [0.717, 1.165) is 6.54 Å². The van der Waals surface area contributed by atoms with E-state index < -0.39 is 0 Å². The summed E-state index contributed by atoms with van der Waals surface area (Å²) in [5.74, 6) is 0. The van der Waals surface area contributed by atoms with Crippen LogP contribution in [0.25, 0.3) is 5.57 Å². The van der Waals surface area contributed by atoms with Crippen molar-refractivity contribution >= 4 is 27.0 Å². The summed E-state index contributed by atoms with van der Waals surface area (Å²) in [4.78, 5) is 4.67. The van der Waals surface area contributed by atoms with Gasteiger partial charge in [0.15, 0.2) is 0 Å². The van der Waals surface area contributed by atoms with E-state index in [1.165, 1.54) is 39.1 Å². The fourth-order valence-electron chi connectivity index (χ4n) is 3.79. The molecule has 0 aromatic heterocycles. The molecule has 0 atom stereocenters. The molecular formula is C26H36N2Sn. The molecular weight excluding hydrogens is 459 g/mol. The van der Waals surface area contributed by atoms with Crippen molar-refractivity contribution in [2.45, 2.75) is 45.0 Å². The van der Waals surface area contributed by atoms with Crippen LogP contribution in [0.15, 0.2) is 77.7 Å². The topological polar surface area (TPSA) is 6.48 Å². The molecule has 1 aliphatic carbocycles. The van der Waals surface area contributed by atoms with Crippen molar-refractivity contribution in [3.05, 3.63) is 88.8 Å². The summed E-state index contributed by atoms with van der Waals surface area (Å²) in [5.41, 5.74) is 9.07. The van der Waals surface area contributed by atoms with E-state index in [1.54, 1.807) is 0 Å². The molecule has 154 valence electrons. The minimum absolute atomic E-state index is 0.0241. The predicted octanol–water partition coefficient (Wildman–Crippen LogP) is 6.20. The van der Waals surface area contributed by atoms with Crippen molar-refractivity contribution in [1.29, 1.82) is 0 Å². The molecule has 0 bridgehead atoms. The molecule has 0 N–H and O–H groups in total. The van der Waals surface area contributed by atoms with Crippen LogP contribution in [0.2, 0.25) is 4.94 Å². The Morgan fingerprint density at radius 1 is 1.14 bits per heavy atom. The Labute approximate surface area is 188 Å². The number of benzene rings is 1. The first-order valence-electron chi connectivity index (χ1n) is 10.2. The standard InChI is InChI=1S/C25H33N2.CH3.Sn/c1-18(2)24(27(8)17-19(3)12-11-15-26-7)16-22-20(4)25(5,6)23-14-10-9-13-21(22)23;;/h9-16H,4,17H2,1-3,5-8H3;1H3;/q-1;;+1/b15-11-,19-12-,22-16+;;. The van der Waals surface area contributed by atoms with Gasteiger partial charge in [-0.3, -0.25) is 0 Å². The summed E-state index contributed by atoms with van der Waals surface area (Å²) in [7, 11) is 4.35. The predicted molar refractivity (Wildman–Crippen MR) is 130 cm³/mol. The minimum Gasteiger partial charge on any atom is -0.0619 e. The number of hydrogen-bond donors (Lipinski definition) is 0. The number of likely N-dealkylation sites (N-methyl/N-ethyl adjacent to an activating group) is 1. The van der Waals surface area contributed by atoms with Crippen molar-refractivity contribution in [1.82, 2.24) is 8.02 Å². The van der Waals surface area contributed by atoms with Crippen LogP contribution in [0.3, 0.4) is 0 Å². The van der Waals surface area contributed by atoms with Crippen molar-refractivity contribution in [2.24, 2.45) is 0 Å². The Hall–Kier alpha value is -1.68. The molecule has 2 radical (unpaired) electrons. The van der Waals surface area contributed by atoms with Crippen molar-refractivity contribution in [3.63, 3.8) is 0 Å². The molecule has 0 spiro atoms. The Kier molecular flexibility index (Phi) is 8.04. The molecule has 3 heteroatoms. The van der Waals surface area contributed by atoms with Crippen LogP contribution in [0.5, 0.6) is 0 Å². The van der Waals surface area contributed by atoms with Gasteiger partial charge in [0.25, 0.3) is 0 Å². The number of allylic oxidation sites excluding steroid dienone is 6. The Morgan fingerprint density at radius 3 is 2.41 bits per heavy atom. The molecule has 0 saturated carbocycles. The summed E-state index contributed by atoms with van der Waals surface area (Å²) < 4.78 is 2.34. The minimum atomic E-state index is -0.373. The summed E-state index contributed by atoms with van der Waals surface area (Å²) in [6.07, 6.45) is 8.93. The Bertz CT molecular complexity index is 880. The van der Waals surface area contributed by atoms with Gasteiger partial charge in [-0.25, -0.2) is 0 Å². The first-order valence-corrected chi connectivity index (χ1v) is 14.4. The van der Waals surface area contributed by atoms with Gasteiger partial charge in [-0.15, -0.1) is 0 Å². The third-order valence-corrected chi connectivity index (χ3v) is 8.14. The van der Waals surface area contributed by atoms with Crippen molar-refractivity contribution < 1.29 is 0 Å². The van der Waals surface area contributed by atoms with Crippen LogP contribution in [-0.2, 0) is 5.41 Å². The summed E-state index contributed by atoms with van der Waals surface area (Å²) >= 11 is -0.373. The number of rotatable bonds is 7. The molecule has 1 aliphatic rings. The zero-order chi connectivity index (χ0) is 21.8. The molecule has 0 heterocycles. The van der Waals surface area contributed by atoms with Gasteiger partial charge in [-0.2, -0.15) is 0 Å². The summed E-state index contributed by atoms with van der Waals surface area (Å²) in [5, 5.41) is 0. The maximum absolute atomic E-state index is 4.47. The average Bonchev–Trinajstić information content (AvgIpc) is 2.85. The molecule has 0 saturated heterocycles. The van der Waals surface area contributed by atoms with Crippen LogP contribution in [0, 0.1) is 0 Å².